The molecule has 8 heteroatoms. The smallest absolute Gasteiger partial charge is 0.408 e. The molecule has 0 N–H and O–H groups in total. The molecule has 3 aromatic rings. The molecule has 1 heterocycles. The number of hydrogen-bond donors (Lipinski definition) is 0. The number of aromatic nitrogens is 1. The third-order valence-electron chi connectivity index (χ3n) is 3.82. The molecule has 3 rings (SSSR count). The lowest BCUT2D eigenvalue weighted by molar-refractivity contribution is 0.0970. The summed E-state index contributed by atoms with van der Waals surface area (Å²) in [5.74, 6) is -0.950. The summed E-state index contributed by atoms with van der Waals surface area (Å²) in [7, 11) is -0.811. The van der Waals surface area contributed by atoms with E-state index in [9.17, 15) is 18.0 Å². The van der Waals surface area contributed by atoms with Gasteiger partial charge < -0.3 is 4.42 Å². The van der Waals surface area contributed by atoms with E-state index in [4.69, 9.17) is 4.42 Å². The lowest BCUT2D eigenvalue weighted by atomic mass is 10.1. The Hall–Kier alpha value is -2.71. The molecular weight excluding hydrogens is 344 g/mol. The molecule has 0 amide bonds. The van der Waals surface area contributed by atoms with Crippen LogP contribution in [0.3, 0.4) is 0 Å². The monoisotopic (exact) mass is 360 g/mol. The molecule has 0 aliphatic carbocycles. The van der Waals surface area contributed by atoms with Gasteiger partial charge in [-0.2, -0.15) is 0 Å². The third kappa shape index (κ3) is 3.13. The molecule has 25 heavy (non-hydrogen) atoms. The number of hydrogen-bond acceptors (Lipinski definition) is 5. The zero-order valence-electron chi connectivity index (χ0n) is 13.7. The van der Waals surface area contributed by atoms with Crippen LogP contribution in [0.4, 0.5) is 0 Å². The number of sulfonamides is 1. The van der Waals surface area contributed by atoms with Gasteiger partial charge in [-0.1, -0.05) is 30.3 Å². The lowest BCUT2D eigenvalue weighted by Crippen LogP contribution is -2.22. The van der Waals surface area contributed by atoms with Crippen LogP contribution in [0.2, 0.25) is 0 Å². The first-order valence-corrected chi connectivity index (χ1v) is 8.89. The topological polar surface area (TPSA) is 89.6 Å². The van der Waals surface area contributed by atoms with Crippen molar-refractivity contribution in [1.29, 1.82) is 0 Å². The summed E-state index contributed by atoms with van der Waals surface area (Å²) in [5.41, 5.74) is 0.969. The number of carbonyl (C=O) groups is 1. The van der Waals surface area contributed by atoms with E-state index in [1.54, 1.807) is 30.3 Å². The fourth-order valence-corrected chi connectivity index (χ4v) is 3.34. The maximum atomic E-state index is 12.3. The van der Waals surface area contributed by atoms with Crippen molar-refractivity contribution in [2.24, 2.45) is 0 Å². The Morgan fingerprint density at radius 1 is 1.12 bits per heavy atom. The average molecular weight is 360 g/mol. The molecule has 1 aromatic heterocycles. The van der Waals surface area contributed by atoms with E-state index in [1.807, 2.05) is 0 Å². The molecule has 7 nitrogen and oxygen atoms in total. The van der Waals surface area contributed by atoms with Crippen molar-refractivity contribution in [2.45, 2.75) is 11.4 Å². The Bertz CT molecular complexity index is 1100. The number of fused-ring (bicyclic) bond motifs is 1. The second-order valence-electron chi connectivity index (χ2n) is 5.66. The Balaban J connectivity index is 2.02. The van der Waals surface area contributed by atoms with Gasteiger partial charge in [0.15, 0.2) is 11.4 Å². The van der Waals surface area contributed by atoms with E-state index in [2.05, 4.69) is 0 Å². The Morgan fingerprint density at radius 2 is 1.80 bits per heavy atom. The summed E-state index contributed by atoms with van der Waals surface area (Å²) in [6, 6.07) is 12.7. The van der Waals surface area contributed by atoms with Crippen LogP contribution in [0.15, 0.2) is 62.6 Å². The summed E-state index contributed by atoms with van der Waals surface area (Å²) in [6.45, 7) is -0.185. The van der Waals surface area contributed by atoms with Gasteiger partial charge in [-0.25, -0.2) is 17.5 Å². The molecule has 130 valence electrons. The molecule has 0 saturated carbocycles. The average Bonchev–Trinajstić information content (AvgIpc) is 2.90. The highest BCUT2D eigenvalue weighted by Gasteiger charge is 2.20. The number of nitrogens with zero attached hydrogens (tertiary/aromatic N) is 2. The third-order valence-corrected chi connectivity index (χ3v) is 5.63. The molecule has 2 aromatic carbocycles. The quantitative estimate of drug-likeness (QED) is 0.647. The zero-order valence-corrected chi connectivity index (χ0v) is 14.5. The SMILES string of the molecule is CN(C)S(=O)(=O)c1ccc2c(c1)oc(=O)n2CC(=O)c1ccccc1. The molecular formula is C17H16N2O5S. The number of carbonyl (C=O) groups excluding carboxylic acids is 1. The number of oxazole rings is 1. The molecule has 0 aliphatic rings. The van der Waals surface area contributed by atoms with Crippen molar-refractivity contribution < 1.29 is 17.6 Å². The van der Waals surface area contributed by atoms with Gasteiger partial charge in [0.25, 0.3) is 0 Å². The lowest BCUT2D eigenvalue weighted by Gasteiger charge is -2.10. The second kappa shape index (κ2) is 6.30. The minimum atomic E-state index is -3.64. The molecule has 0 unspecified atom stereocenters. The summed E-state index contributed by atoms with van der Waals surface area (Å²) in [4.78, 5) is 24.4. The molecule has 0 bridgehead atoms. The molecule has 0 spiro atoms. The fraction of sp³-hybridized carbons (Fsp3) is 0.176. The molecule has 0 saturated heterocycles. The van der Waals surface area contributed by atoms with E-state index < -0.39 is 15.8 Å². The molecule has 0 fully saturated rings. The van der Waals surface area contributed by atoms with E-state index in [1.165, 1.54) is 36.9 Å². The van der Waals surface area contributed by atoms with E-state index in [-0.39, 0.29) is 22.8 Å². The van der Waals surface area contributed by atoms with Crippen molar-refractivity contribution in [3.05, 3.63) is 64.6 Å². The van der Waals surface area contributed by atoms with Crippen LogP contribution in [0.5, 0.6) is 0 Å². The van der Waals surface area contributed by atoms with Gasteiger partial charge in [0.1, 0.15) is 0 Å². The summed E-state index contributed by atoms with van der Waals surface area (Å²) in [5, 5.41) is 0. The first-order chi connectivity index (χ1) is 11.8. The van der Waals surface area contributed by atoms with Crippen LogP contribution in [0.25, 0.3) is 11.1 Å². The molecule has 0 aliphatic heterocycles. The van der Waals surface area contributed by atoms with Crippen LogP contribution in [-0.4, -0.2) is 37.2 Å². The first kappa shape index (κ1) is 17.1. The second-order valence-corrected chi connectivity index (χ2v) is 7.81. The predicted molar refractivity (Wildman–Crippen MR) is 92.1 cm³/mol. The van der Waals surface area contributed by atoms with Crippen LogP contribution < -0.4 is 5.76 Å². The number of ketones is 1. The van der Waals surface area contributed by atoms with Crippen molar-refractivity contribution in [3.8, 4) is 0 Å². The predicted octanol–water partition coefficient (Wildman–Crippen LogP) is 1.73. The molecule has 0 radical (unpaired) electrons. The van der Waals surface area contributed by atoms with Crippen LogP contribution in [0.1, 0.15) is 10.4 Å². The minimum absolute atomic E-state index is 0.0142. The summed E-state index contributed by atoms with van der Waals surface area (Å²) < 4.78 is 31.7. The van der Waals surface area contributed by atoms with Crippen molar-refractivity contribution >= 4 is 26.9 Å². The maximum Gasteiger partial charge on any atom is 0.420 e. The van der Waals surface area contributed by atoms with Gasteiger partial charge in [0.2, 0.25) is 10.0 Å². The Kier molecular flexibility index (Phi) is 4.32. The first-order valence-electron chi connectivity index (χ1n) is 7.45. The van der Waals surface area contributed by atoms with Gasteiger partial charge in [-0.3, -0.25) is 9.36 Å². The Labute approximate surface area is 144 Å². The van der Waals surface area contributed by atoms with Gasteiger partial charge in [0.05, 0.1) is 17.0 Å². The van der Waals surface area contributed by atoms with Crippen LogP contribution in [-0.2, 0) is 16.6 Å². The summed E-state index contributed by atoms with van der Waals surface area (Å²) in [6.07, 6.45) is 0. The zero-order chi connectivity index (χ0) is 18.2. The normalized spacial score (nSPS) is 12.0. The largest absolute Gasteiger partial charge is 0.420 e. The highest BCUT2D eigenvalue weighted by molar-refractivity contribution is 7.89. The van der Waals surface area contributed by atoms with Crippen molar-refractivity contribution in [1.82, 2.24) is 8.87 Å². The highest BCUT2D eigenvalue weighted by atomic mass is 32.2. The van der Waals surface area contributed by atoms with Crippen molar-refractivity contribution in [2.75, 3.05) is 14.1 Å². The maximum absolute atomic E-state index is 12.3. The van der Waals surface area contributed by atoms with Crippen LogP contribution >= 0.6 is 0 Å². The van der Waals surface area contributed by atoms with E-state index in [0.29, 0.717) is 11.1 Å². The van der Waals surface area contributed by atoms with Crippen LogP contribution in [0, 0.1) is 0 Å². The van der Waals surface area contributed by atoms with E-state index >= 15 is 0 Å². The van der Waals surface area contributed by atoms with Gasteiger partial charge >= 0.3 is 5.76 Å². The highest BCUT2D eigenvalue weighted by Crippen LogP contribution is 2.20. The van der Waals surface area contributed by atoms with Crippen molar-refractivity contribution in [3.63, 3.8) is 0 Å². The van der Waals surface area contributed by atoms with E-state index in [0.717, 1.165) is 4.31 Å². The van der Waals surface area contributed by atoms with Gasteiger partial charge in [-0.15, -0.1) is 0 Å². The number of benzene rings is 2. The minimum Gasteiger partial charge on any atom is -0.408 e. The Morgan fingerprint density at radius 3 is 2.44 bits per heavy atom. The number of rotatable bonds is 5. The fourth-order valence-electron chi connectivity index (χ4n) is 2.43. The van der Waals surface area contributed by atoms with Gasteiger partial charge in [0, 0.05) is 25.7 Å². The van der Waals surface area contributed by atoms with Gasteiger partial charge in [-0.05, 0) is 12.1 Å². The molecule has 0 atom stereocenters. The number of Topliss-reactive ketones (excluding diaryl/α,β-unsaturated/α-hetero) is 1. The summed E-state index contributed by atoms with van der Waals surface area (Å²) >= 11 is 0. The standard InChI is InChI=1S/C17H16N2O5S/c1-18(2)25(22,23)13-8-9-14-16(10-13)24-17(21)19(14)11-15(20)12-6-4-3-5-7-12/h3-10H,11H2,1-2H3.